The molecule has 0 atom stereocenters. The standard InChI is InChI=1S/C33H43ClN2O2/c1-3-5-7-9-10-12-14-16-27-17-18-29(23-31(27)34)33(37)38-30-21-19-28(20-22-30)32-35-24-26(25-36-32)15-13-11-8-6-4-2/h17-25H,3-16H2,1-2H3. The average Bonchev–Trinajstić information content (AvgIpc) is 2.94. The van der Waals surface area contributed by atoms with Gasteiger partial charge in [-0.2, -0.15) is 0 Å². The van der Waals surface area contributed by atoms with Gasteiger partial charge in [-0.3, -0.25) is 0 Å². The first kappa shape index (κ1) is 29.8. The average molecular weight is 535 g/mol. The van der Waals surface area contributed by atoms with Crippen LogP contribution in [-0.2, 0) is 12.8 Å². The Morgan fingerprint density at radius 3 is 1.92 bits per heavy atom. The highest BCUT2D eigenvalue weighted by atomic mass is 35.5. The largest absolute Gasteiger partial charge is 0.423 e. The Hall–Kier alpha value is -2.72. The minimum atomic E-state index is -0.415. The van der Waals surface area contributed by atoms with Crippen molar-refractivity contribution in [2.75, 3.05) is 0 Å². The molecule has 3 aromatic rings. The Morgan fingerprint density at radius 1 is 0.737 bits per heavy atom. The maximum absolute atomic E-state index is 12.7. The first-order valence-corrected chi connectivity index (χ1v) is 14.9. The highest BCUT2D eigenvalue weighted by Crippen LogP contribution is 2.24. The van der Waals surface area contributed by atoms with Crippen LogP contribution in [0.2, 0.25) is 5.02 Å². The van der Waals surface area contributed by atoms with Gasteiger partial charge in [0.15, 0.2) is 5.82 Å². The van der Waals surface area contributed by atoms with Crippen LogP contribution in [0.5, 0.6) is 5.75 Å². The van der Waals surface area contributed by atoms with Crippen molar-refractivity contribution in [2.45, 2.75) is 104 Å². The number of rotatable bonds is 17. The molecule has 5 heteroatoms. The van der Waals surface area contributed by atoms with Crippen molar-refractivity contribution in [1.29, 1.82) is 0 Å². The molecular weight excluding hydrogens is 492 g/mol. The molecule has 38 heavy (non-hydrogen) atoms. The van der Waals surface area contributed by atoms with Gasteiger partial charge in [0.25, 0.3) is 0 Å². The molecule has 1 aromatic heterocycles. The molecule has 0 aliphatic carbocycles. The molecule has 1 heterocycles. The quantitative estimate of drug-likeness (QED) is 0.0981. The van der Waals surface area contributed by atoms with E-state index in [0.717, 1.165) is 30.4 Å². The number of halogens is 1. The van der Waals surface area contributed by atoms with Gasteiger partial charge in [0.2, 0.25) is 0 Å². The van der Waals surface area contributed by atoms with Crippen molar-refractivity contribution in [3.63, 3.8) is 0 Å². The minimum Gasteiger partial charge on any atom is -0.423 e. The summed E-state index contributed by atoms with van der Waals surface area (Å²) in [4.78, 5) is 21.8. The predicted molar refractivity (Wildman–Crippen MR) is 158 cm³/mol. The fraction of sp³-hybridized carbons (Fsp3) is 0.485. The maximum Gasteiger partial charge on any atom is 0.343 e. The molecule has 0 saturated carbocycles. The lowest BCUT2D eigenvalue weighted by Gasteiger charge is -2.09. The molecule has 0 aliphatic rings. The summed E-state index contributed by atoms with van der Waals surface area (Å²) in [5.74, 6) is 0.730. The van der Waals surface area contributed by atoms with Gasteiger partial charge in [0.1, 0.15) is 5.75 Å². The van der Waals surface area contributed by atoms with E-state index in [2.05, 4.69) is 23.8 Å². The van der Waals surface area contributed by atoms with Crippen molar-refractivity contribution in [3.05, 3.63) is 76.6 Å². The number of benzene rings is 2. The van der Waals surface area contributed by atoms with Gasteiger partial charge >= 0.3 is 5.97 Å². The molecule has 0 saturated heterocycles. The fourth-order valence-corrected chi connectivity index (χ4v) is 4.83. The highest BCUT2D eigenvalue weighted by Gasteiger charge is 2.12. The van der Waals surface area contributed by atoms with Crippen molar-refractivity contribution < 1.29 is 9.53 Å². The van der Waals surface area contributed by atoms with E-state index in [9.17, 15) is 4.79 Å². The van der Waals surface area contributed by atoms with Gasteiger partial charge in [-0.25, -0.2) is 14.8 Å². The summed E-state index contributed by atoms with van der Waals surface area (Å²) in [5.41, 5.74) is 3.60. The van der Waals surface area contributed by atoms with Gasteiger partial charge in [-0.15, -0.1) is 0 Å². The normalized spacial score (nSPS) is 11.0. The zero-order valence-corrected chi connectivity index (χ0v) is 23.9. The second-order valence-electron chi connectivity index (χ2n) is 10.2. The smallest absolute Gasteiger partial charge is 0.343 e. The molecule has 3 rings (SSSR count). The summed E-state index contributed by atoms with van der Waals surface area (Å²) in [7, 11) is 0. The van der Waals surface area contributed by atoms with E-state index in [0.29, 0.717) is 22.2 Å². The summed E-state index contributed by atoms with van der Waals surface area (Å²) >= 11 is 6.48. The Balaban J connectivity index is 1.46. The molecule has 0 spiro atoms. The zero-order chi connectivity index (χ0) is 27.0. The lowest BCUT2D eigenvalue weighted by molar-refractivity contribution is 0.0734. The van der Waals surface area contributed by atoms with Gasteiger partial charge < -0.3 is 4.74 Å². The van der Waals surface area contributed by atoms with E-state index in [1.54, 1.807) is 24.3 Å². The molecule has 2 aromatic carbocycles. The lowest BCUT2D eigenvalue weighted by Crippen LogP contribution is -2.08. The number of nitrogens with zero attached hydrogens (tertiary/aromatic N) is 2. The van der Waals surface area contributed by atoms with E-state index < -0.39 is 5.97 Å². The van der Waals surface area contributed by atoms with Gasteiger partial charge in [-0.05, 0) is 73.2 Å². The van der Waals surface area contributed by atoms with E-state index in [4.69, 9.17) is 16.3 Å². The highest BCUT2D eigenvalue weighted by molar-refractivity contribution is 6.31. The molecular formula is C33H43ClN2O2. The van der Waals surface area contributed by atoms with E-state index in [1.807, 2.05) is 30.6 Å². The van der Waals surface area contributed by atoms with Gasteiger partial charge in [-0.1, -0.05) is 95.7 Å². The Kier molecular flexibility index (Phi) is 13.3. The third-order valence-corrected chi connectivity index (χ3v) is 7.29. The zero-order valence-electron chi connectivity index (χ0n) is 23.2. The summed E-state index contributed by atoms with van der Waals surface area (Å²) in [5, 5.41) is 0.627. The number of unbranched alkanes of at least 4 members (excludes halogenated alkanes) is 10. The molecule has 0 radical (unpaired) electrons. The first-order valence-electron chi connectivity index (χ1n) is 14.5. The molecule has 0 bridgehead atoms. The number of ether oxygens (including phenoxy) is 1. The predicted octanol–water partition coefficient (Wildman–Crippen LogP) is 9.82. The van der Waals surface area contributed by atoms with E-state index >= 15 is 0 Å². The fourth-order valence-electron chi connectivity index (χ4n) is 4.55. The van der Waals surface area contributed by atoms with Gasteiger partial charge in [0, 0.05) is 23.0 Å². The number of hydrogen-bond acceptors (Lipinski definition) is 4. The van der Waals surface area contributed by atoms with Crippen LogP contribution >= 0.6 is 11.6 Å². The summed E-state index contributed by atoms with van der Waals surface area (Å²) in [6.45, 7) is 4.47. The molecule has 0 unspecified atom stereocenters. The van der Waals surface area contributed by atoms with Crippen molar-refractivity contribution in [2.24, 2.45) is 0 Å². The van der Waals surface area contributed by atoms with Crippen LogP contribution in [-0.4, -0.2) is 15.9 Å². The molecule has 0 N–H and O–H groups in total. The van der Waals surface area contributed by atoms with Crippen molar-refractivity contribution in [3.8, 4) is 17.1 Å². The van der Waals surface area contributed by atoms with E-state index in [-0.39, 0.29) is 0 Å². The molecule has 0 fully saturated rings. The van der Waals surface area contributed by atoms with Crippen LogP contribution in [0.1, 0.15) is 112 Å². The first-order chi connectivity index (χ1) is 18.6. The third kappa shape index (κ3) is 10.2. The second kappa shape index (κ2) is 17.0. The van der Waals surface area contributed by atoms with Crippen LogP contribution in [0.25, 0.3) is 11.4 Å². The number of carbonyl (C=O) groups excluding carboxylic acids is 1. The Bertz CT molecular complexity index is 1100. The number of aryl methyl sites for hydroxylation is 2. The number of aromatic nitrogens is 2. The number of carbonyl (C=O) groups is 1. The van der Waals surface area contributed by atoms with Crippen LogP contribution in [0.4, 0.5) is 0 Å². The number of esters is 1. The molecule has 0 aliphatic heterocycles. The topological polar surface area (TPSA) is 52.1 Å². The van der Waals surface area contributed by atoms with Crippen LogP contribution in [0.15, 0.2) is 54.9 Å². The Labute approximate surface area is 234 Å². The Morgan fingerprint density at radius 2 is 1.32 bits per heavy atom. The SMILES string of the molecule is CCCCCCCCCc1ccc(C(=O)Oc2ccc(-c3ncc(CCCCCCC)cn3)cc2)cc1Cl. The molecule has 204 valence electrons. The maximum atomic E-state index is 12.7. The van der Waals surface area contributed by atoms with Crippen LogP contribution in [0, 0.1) is 0 Å². The second-order valence-corrected chi connectivity index (χ2v) is 10.6. The third-order valence-electron chi connectivity index (χ3n) is 6.94. The summed E-state index contributed by atoms with van der Waals surface area (Å²) in [6, 6.07) is 12.8. The molecule has 4 nitrogen and oxygen atoms in total. The lowest BCUT2D eigenvalue weighted by atomic mass is 10.0. The van der Waals surface area contributed by atoms with Crippen LogP contribution < -0.4 is 4.74 Å². The molecule has 0 amide bonds. The van der Waals surface area contributed by atoms with Crippen molar-refractivity contribution >= 4 is 17.6 Å². The van der Waals surface area contributed by atoms with Gasteiger partial charge in [0.05, 0.1) is 5.56 Å². The monoisotopic (exact) mass is 534 g/mol. The summed E-state index contributed by atoms with van der Waals surface area (Å²) < 4.78 is 5.58. The number of hydrogen-bond donors (Lipinski definition) is 0. The van der Waals surface area contributed by atoms with Crippen LogP contribution in [0.3, 0.4) is 0 Å². The van der Waals surface area contributed by atoms with E-state index in [1.165, 1.54) is 76.2 Å². The van der Waals surface area contributed by atoms with Crippen molar-refractivity contribution in [1.82, 2.24) is 9.97 Å². The minimum absolute atomic E-state index is 0.415. The summed E-state index contributed by atoms with van der Waals surface area (Å²) in [6.07, 6.45) is 20.9.